The molecule has 1 saturated heterocycles. The largest absolute Gasteiger partial charge is 0.479 e. The minimum atomic E-state index is -0.546. The second-order valence-electron chi connectivity index (χ2n) is 7.66. The van der Waals surface area contributed by atoms with E-state index in [4.69, 9.17) is 31.6 Å². The van der Waals surface area contributed by atoms with Crippen LogP contribution in [0.25, 0.3) is 5.57 Å². The topological polar surface area (TPSA) is 69.3 Å². The summed E-state index contributed by atoms with van der Waals surface area (Å²) >= 11 is 6.24. The summed E-state index contributed by atoms with van der Waals surface area (Å²) in [4.78, 5) is 10.5. The van der Waals surface area contributed by atoms with Gasteiger partial charge in [0.1, 0.15) is 0 Å². The number of hydrogen-bond acceptors (Lipinski definition) is 6. The van der Waals surface area contributed by atoms with E-state index in [0.717, 1.165) is 41.9 Å². The summed E-state index contributed by atoms with van der Waals surface area (Å²) in [6.07, 6.45) is 7.97. The standard InChI is InChI=1S/C21H26ClN3O3/c1-14-8-9-21(13-26-14)12-24-20(23)25(2)28-19-11-16(6-7-18(19)27-21)15-4-3-5-17(22)10-15/h4,6-7,10-11,14H,3,5,8-9,12-13H2,1-2H3,(H2,23,24). The molecule has 2 aliphatic heterocycles. The van der Waals surface area contributed by atoms with Gasteiger partial charge in [0.2, 0.25) is 5.96 Å². The van der Waals surface area contributed by atoms with Gasteiger partial charge in [0.05, 0.1) is 19.3 Å². The fraction of sp³-hybridized carbons (Fsp3) is 0.476. The number of allylic oxidation sites excluding steroid dienone is 4. The van der Waals surface area contributed by atoms with Crippen LogP contribution in [-0.4, -0.2) is 42.9 Å². The van der Waals surface area contributed by atoms with Gasteiger partial charge in [-0.1, -0.05) is 23.7 Å². The molecule has 1 aromatic rings. The molecule has 1 fully saturated rings. The third-order valence-corrected chi connectivity index (χ3v) is 5.69. The Morgan fingerprint density at radius 3 is 2.93 bits per heavy atom. The van der Waals surface area contributed by atoms with Gasteiger partial charge < -0.3 is 20.0 Å². The van der Waals surface area contributed by atoms with E-state index in [9.17, 15) is 0 Å². The predicted octanol–water partition coefficient (Wildman–Crippen LogP) is 3.86. The van der Waals surface area contributed by atoms with Crippen LogP contribution in [0.1, 0.15) is 38.2 Å². The van der Waals surface area contributed by atoms with E-state index in [1.807, 2.05) is 24.3 Å². The smallest absolute Gasteiger partial charge is 0.225 e. The normalized spacial score (nSPS) is 27.9. The van der Waals surface area contributed by atoms with Crippen LogP contribution in [0.3, 0.4) is 0 Å². The van der Waals surface area contributed by atoms with Gasteiger partial charge >= 0.3 is 0 Å². The van der Waals surface area contributed by atoms with Gasteiger partial charge in [0.25, 0.3) is 0 Å². The molecule has 0 aromatic heterocycles. The number of nitrogens with zero attached hydrogens (tertiary/aromatic N) is 2. The highest BCUT2D eigenvalue weighted by atomic mass is 35.5. The average Bonchev–Trinajstić information content (AvgIpc) is 2.73. The molecular formula is C21H26ClN3O3. The molecule has 0 amide bonds. The van der Waals surface area contributed by atoms with Crippen LogP contribution in [0.4, 0.5) is 0 Å². The zero-order chi connectivity index (χ0) is 19.7. The molecule has 4 rings (SSSR count). The molecule has 1 aromatic carbocycles. The highest BCUT2D eigenvalue weighted by Gasteiger charge is 2.39. The minimum Gasteiger partial charge on any atom is -0.479 e. The summed E-state index contributed by atoms with van der Waals surface area (Å²) in [5.41, 5.74) is 7.66. The number of guanidine groups is 1. The number of aliphatic imine (C=N–C) groups is 1. The second kappa shape index (κ2) is 7.68. The van der Waals surface area contributed by atoms with Crippen molar-refractivity contribution in [1.29, 1.82) is 0 Å². The molecule has 0 bridgehead atoms. The fourth-order valence-corrected chi connectivity index (χ4v) is 3.84. The van der Waals surface area contributed by atoms with Gasteiger partial charge in [0, 0.05) is 12.1 Å². The molecule has 1 aliphatic carbocycles. The van der Waals surface area contributed by atoms with Gasteiger partial charge in [-0.05, 0) is 62.0 Å². The Morgan fingerprint density at radius 2 is 2.18 bits per heavy atom. The molecular weight excluding hydrogens is 378 g/mol. The van der Waals surface area contributed by atoms with Crippen LogP contribution in [-0.2, 0) is 4.74 Å². The number of hydrogen-bond donors (Lipinski definition) is 1. The van der Waals surface area contributed by atoms with Crippen LogP contribution < -0.4 is 15.3 Å². The maximum absolute atomic E-state index is 6.45. The van der Waals surface area contributed by atoms with Crippen molar-refractivity contribution in [2.24, 2.45) is 10.7 Å². The van der Waals surface area contributed by atoms with E-state index in [1.54, 1.807) is 7.05 Å². The first-order chi connectivity index (χ1) is 13.4. The number of fused-ring (bicyclic) bond motifs is 1. The van der Waals surface area contributed by atoms with Crippen LogP contribution in [0.2, 0.25) is 0 Å². The molecule has 0 saturated carbocycles. The third-order valence-electron chi connectivity index (χ3n) is 5.39. The Labute approximate surface area is 170 Å². The Balaban J connectivity index is 1.71. The Morgan fingerprint density at radius 1 is 1.32 bits per heavy atom. The van der Waals surface area contributed by atoms with Gasteiger partial charge in [-0.15, -0.1) is 0 Å². The molecule has 2 heterocycles. The van der Waals surface area contributed by atoms with E-state index in [0.29, 0.717) is 30.6 Å². The minimum absolute atomic E-state index is 0.221. The molecule has 2 unspecified atom stereocenters. The third kappa shape index (κ3) is 3.98. The lowest BCUT2D eigenvalue weighted by Crippen LogP contribution is -2.49. The number of benzene rings is 1. The number of rotatable bonds is 1. The molecule has 6 nitrogen and oxygen atoms in total. The van der Waals surface area contributed by atoms with E-state index >= 15 is 0 Å². The van der Waals surface area contributed by atoms with Crippen molar-refractivity contribution in [3.63, 3.8) is 0 Å². The van der Waals surface area contributed by atoms with E-state index in [2.05, 4.69) is 18.0 Å². The lowest BCUT2D eigenvalue weighted by Gasteiger charge is -2.38. The number of halogens is 1. The zero-order valence-electron chi connectivity index (χ0n) is 16.3. The van der Waals surface area contributed by atoms with Crippen molar-refractivity contribution < 1.29 is 14.3 Å². The quantitative estimate of drug-likeness (QED) is 0.771. The van der Waals surface area contributed by atoms with E-state index < -0.39 is 5.60 Å². The highest BCUT2D eigenvalue weighted by molar-refractivity contribution is 6.30. The predicted molar refractivity (Wildman–Crippen MR) is 110 cm³/mol. The maximum atomic E-state index is 6.45. The molecule has 150 valence electrons. The van der Waals surface area contributed by atoms with E-state index in [-0.39, 0.29) is 6.10 Å². The van der Waals surface area contributed by atoms with Crippen LogP contribution in [0.5, 0.6) is 11.5 Å². The first-order valence-corrected chi connectivity index (χ1v) is 10.0. The number of nitrogens with two attached hydrogens (primary N) is 1. The fourth-order valence-electron chi connectivity index (χ4n) is 3.62. The number of ether oxygens (including phenoxy) is 2. The zero-order valence-corrected chi connectivity index (χ0v) is 17.0. The Kier molecular flexibility index (Phi) is 5.25. The van der Waals surface area contributed by atoms with Crippen molar-refractivity contribution in [2.45, 2.75) is 44.3 Å². The van der Waals surface area contributed by atoms with Gasteiger partial charge in [-0.25, -0.2) is 4.99 Å². The summed E-state index contributed by atoms with van der Waals surface area (Å²) in [6, 6.07) is 5.93. The van der Waals surface area contributed by atoms with Crippen molar-refractivity contribution in [3.05, 3.63) is 40.9 Å². The molecule has 28 heavy (non-hydrogen) atoms. The Hall–Kier alpha value is -2.18. The summed E-state index contributed by atoms with van der Waals surface area (Å²) in [5, 5.41) is 2.33. The van der Waals surface area contributed by atoms with Crippen molar-refractivity contribution >= 4 is 23.1 Å². The Bertz CT molecular complexity index is 841. The van der Waals surface area contributed by atoms with Crippen molar-refractivity contribution in [2.75, 3.05) is 20.2 Å². The van der Waals surface area contributed by atoms with E-state index in [1.165, 1.54) is 5.06 Å². The monoisotopic (exact) mass is 403 g/mol. The summed E-state index contributed by atoms with van der Waals surface area (Å²) in [7, 11) is 1.74. The molecule has 2 N–H and O–H groups in total. The first-order valence-electron chi connectivity index (χ1n) is 9.67. The summed E-state index contributed by atoms with van der Waals surface area (Å²) < 4.78 is 12.3. The van der Waals surface area contributed by atoms with Gasteiger partial charge in [0.15, 0.2) is 17.1 Å². The van der Waals surface area contributed by atoms with Gasteiger partial charge in [-0.3, -0.25) is 0 Å². The van der Waals surface area contributed by atoms with Crippen molar-refractivity contribution in [3.8, 4) is 11.5 Å². The highest BCUT2D eigenvalue weighted by Crippen LogP contribution is 2.38. The van der Waals surface area contributed by atoms with Gasteiger partial charge in [-0.2, -0.15) is 5.06 Å². The second-order valence-corrected chi connectivity index (χ2v) is 8.14. The average molecular weight is 404 g/mol. The van der Waals surface area contributed by atoms with Crippen LogP contribution >= 0.6 is 11.6 Å². The summed E-state index contributed by atoms with van der Waals surface area (Å²) in [5.74, 6) is 1.55. The molecule has 1 spiro atoms. The molecule has 7 heteroatoms. The number of hydroxylamine groups is 2. The van der Waals surface area contributed by atoms with Crippen molar-refractivity contribution in [1.82, 2.24) is 5.06 Å². The maximum Gasteiger partial charge on any atom is 0.225 e. The first kappa shape index (κ1) is 19.2. The molecule has 2 atom stereocenters. The van der Waals surface area contributed by atoms with Crippen LogP contribution in [0, 0.1) is 0 Å². The van der Waals surface area contributed by atoms with Crippen LogP contribution in [0.15, 0.2) is 40.4 Å². The molecule has 3 aliphatic rings. The lowest BCUT2D eigenvalue weighted by atomic mass is 9.93. The lowest BCUT2D eigenvalue weighted by molar-refractivity contribution is -0.0946. The SMILES string of the molecule is CC1CCC2(CN=C(N)N(C)Oc3cc(C4=CCCC(Cl)=C4)ccc3O2)CO1. The summed E-state index contributed by atoms with van der Waals surface area (Å²) in [6.45, 7) is 2.97. The molecule has 0 radical (unpaired) electrons.